The quantitative estimate of drug-likeness (QED) is 0.0163. The zero-order chi connectivity index (χ0) is 80.7. The van der Waals surface area contributed by atoms with Gasteiger partial charge in [0.1, 0.15) is 67.3 Å². The Bertz CT molecular complexity index is 2310. The van der Waals surface area contributed by atoms with Crippen molar-refractivity contribution in [3.63, 3.8) is 0 Å². The van der Waals surface area contributed by atoms with Crippen molar-refractivity contribution >= 4 is 0 Å². The maximum absolute atomic E-state index is 11.0. The minimum atomic E-state index is -1.22. The first-order valence-electron chi connectivity index (χ1n) is 40.9. The highest BCUT2D eigenvalue weighted by molar-refractivity contribution is 4.89. The van der Waals surface area contributed by atoms with Crippen LogP contribution in [-0.2, 0) is 75.8 Å². The molecule has 0 aliphatic carbocycles. The Labute approximate surface area is 659 Å². The molecule has 644 valence electrons. The molecule has 13 atom stereocenters. The Kier molecular flexibility index (Phi) is 78.5. The Hall–Kier alpha value is -3.26. The molecular weight excluding hydrogens is 1430 g/mol. The van der Waals surface area contributed by atoms with Gasteiger partial charge in [0.15, 0.2) is 0 Å². The minimum absolute atomic E-state index is 0.00236. The average molecular weight is 1580 g/mol. The predicted molar refractivity (Wildman–Crippen MR) is 417 cm³/mol. The molecule has 0 radical (unpaired) electrons. The number of ether oxygens (including phenoxy) is 16. The van der Waals surface area contributed by atoms with Gasteiger partial charge in [0.2, 0.25) is 0 Å². The van der Waals surface area contributed by atoms with Crippen LogP contribution in [0.15, 0.2) is 58.7 Å². The third-order valence-corrected chi connectivity index (χ3v) is 17.2. The van der Waals surface area contributed by atoms with Gasteiger partial charge in [-0.25, -0.2) is 0 Å². The lowest BCUT2D eigenvalue weighted by Crippen LogP contribution is -2.40. The number of aliphatic hydroxyl groups is 11. The second-order valence-electron chi connectivity index (χ2n) is 28.3. The van der Waals surface area contributed by atoms with Crippen molar-refractivity contribution in [1.29, 1.82) is 0 Å². The highest BCUT2D eigenvalue weighted by Crippen LogP contribution is 2.21. The maximum atomic E-state index is 11.0. The maximum Gasteiger partial charge on any atom is 0.145 e. The molecule has 11 N–H and O–H groups in total. The lowest BCUT2D eigenvalue weighted by molar-refractivity contribution is -0.145. The summed E-state index contributed by atoms with van der Waals surface area (Å²) >= 11 is 0. The fourth-order valence-corrected chi connectivity index (χ4v) is 10.6. The van der Waals surface area contributed by atoms with Gasteiger partial charge in [0.25, 0.3) is 0 Å². The fourth-order valence-electron chi connectivity index (χ4n) is 10.6. The number of aliphatic hydroxyl groups excluding tert-OH is 11. The SMILES string of the molecule is C=C=C=C=C=C=C=C=C=COC(CO)COCC(COC(COCC(O)CO)COCC(C)(COCC(O)CCOCCCCCCCCCC)COCC(CO)OCC(COCC(COCC(O)CO)OCC(CO)OCCCCCCCCCC)OCC(CCO)OCCCCCCCCCC)OCC(O)CO. The molecule has 0 aromatic rings. The van der Waals surface area contributed by atoms with Gasteiger partial charge in [-0.1, -0.05) is 168 Å². The summed E-state index contributed by atoms with van der Waals surface area (Å²) in [6, 6.07) is 0. The fraction of sp³-hybridized carbons (Fsp3) is 0.880. The van der Waals surface area contributed by atoms with E-state index in [2.05, 4.69) is 73.2 Å². The van der Waals surface area contributed by atoms with Crippen LogP contribution in [0.3, 0.4) is 0 Å². The minimum Gasteiger partial charge on any atom is -0.484 e. The molecule has 0 rings (SSSR count). The van der Waals surface area contributed by atoms with Crippen LogP contribution in [-0.4, -0.2) is 328 Å². The smallest absolute Gasteiger partial charge is 0.145 e. The number of unbranched alkanes of at least 4 members (excludes halogenated alkanes) is 21. The molecule has 0 aliphatic rings. The second kappa shape index (κ2) is 80.9. The lowest BCUT2D eigenvalue weighted by Gasteiger charge is -2.31. The zero-order valence-electron chi connectivity index (χ0n) is 67.8. The number of hydrogen-bond acceptors (Lipinski definition) is 27. The van der Waals surface area contributed by atoms with Gasteiger partial charge in [-0.2, -0.15) is 0 Å². The third-order valence-electron chi connectivity index (χ3n) is 17.2. The highest BCUT2D eigenvalue weighted by Gasteiger charge is 2.30. The normalized spacial score (nSPS) is 15.4. The van der Waals surface area contributed by atoms with Crippen molar-refractivity contribution in [3.05, 3.63) is 58.7 Å². The third kappa shape index (κ3) is 69.1. The summed E-state index contributed by atoms with van der Waals surface area (Å²) in [4.78, 5) is 0. The summed E-state index contributed by atoms with van der Waals surface area (Å²) in [5.41, 5.74) is 19.1. The van der Waals surface area contributed by atoms with Crippen LogP contribution in [0.5, 0.6) is 0 Å². The Morgan fingerprint density at radius 3 is 1.07 bits per heavy atom. The number of rotatable bonds is 85. The van der Waals surface area contributed by atoms with Gasteiger partial charge in [0.05, 0.1) is 177 Å². The second-order valence-corrected chi connectivity index (χ2v) is 28.3. The Morgan fingerprint density at radius 2 is 0.618 bits per heavy atom. The molecule has 0 aromatic heterocycles. The summed E-state index contributed by atoms with van der Waals surface area (Å²) in [5.74, 6) is 0. The van der Waals surface area contributed by atoms with Crippen LogP contribution in [0.1, 0.15) is 195 Å². The summed E-state index contributed by atoms with van der Waals surface area (Å²) in [5, 5.41) is 111. The molecule has 0 aromatic carbocycles. The first-order chi connectivity index (χ1) is 53.7. The van der Waals surface area contributed by atoms with Crippen LogP contribution < -0.4 is 0 Å². The lowest BCUT2D eigenvalue weighted by atomic mass is 9.94. The highest BCUT2D eigenvalue weighted by atomic mass is 16.6. The molecule has 27 nitrogen and oxygen atoms in total. The molecule has 0 heterocycles. The molecule has 0 aliphatic heterocycles. The molecule has 0 saturated carbocycles. The van der Waals surface area contributed by atoms with E-state index in [4.69, 9.17) is 75.8 Å². The topological polar surface area (TPSA) is 370 Å². The van der Waals surface area contributed by atoms with E-state index in [9.17, 15) is 56.2 Å². The van der Waals surface area contributed by atoms with Gasteiger partial charge in [-0.15, -0.1) is 0 Å². The average Bonchev–Trinajstić information content (AvgIpc) is 0.894. The van der Waals surface area contributed by atoms with Crippen LogP contribution in [0.2, 0.25) is 0 Å². The van der Waals surface area contributed by atoms with Crippen molar-refractivity contribution in [2.75, 3.05) is 198 Å². The Morgan fingerprint density at radius 1 is 0.291 bits per heavy atom. The van der Waals surface area contributed by atoms with Crippen molar-refractivity contribution in [1.82, 2.24) is 0 Å². The van der Waals surface area contributed by atoms with Crippen molar-refractivity contribution in [3.8, 4) is 0 Å². The standard InChI is InChI=1S/C83H150O27/c1-6-10-14-18-22-26-30-34-41-95-45-39-71(91)52-100-68-83(5,70-102-63-80(59-97-54-73(93)47-86)110-67-81(106-55-74(94)48-87)61-98-56-76(49-88)104-43-36-32-28-24-20-16-12-8-3)69-101-57-77(50-89)107-66-82(108-64-75(38-40-84)103-42-35-31-27-23-19-15-11-7-2)62-99-60-79(58-96-53-72(92)46-85)109-65-78(51-90)105-44-37-33-29-25-21-17-13-9-4/h43,71-82,84-94H,3,6-7,9-11,13-15,17-19,21-23,25-27,29-31,33-35,37-42,44-70H2,1-2,4-5H3. The zero-order valence-corrected chi connectivity index (χ0v) is 67.8. The van der Waals surface area contributed by atoms with Crippen LogP contribution in [0.25, 0.3) is 0 Å². The first-order valence-corrected chi connectivity index (χ1v) is 40.9. The number of hydrogen-bond donors (Lipinski definition) is 11. The molecule has 0 amide bonds. The summed E-state index contributed by atoms with van der Waals surface area (Å²) in [7, 11) is 0. The summed E-state index contributed by atoms with van der Waals surface area (Å²) < 4.78 is 97.3. The Balaban J connectivity index is 6.74. The van der Waals surface area contributed by atoms with E-state index < -0.39 is 112 Å². The van der Waals surface area contributed by atoms with Crippen molar-refractivity contribution in [2.45, 2.75) is 268 Å². The van der Waals surface area contributed by atoms with Crippen molar-refractivity contribution < 1.29 is 132 Å². The first kappa shape index (κ1) is 107. The predicted octanol–water partition coefficient (Wildman–Crippen LogP) is 7.18. The van der Waals surface area contributed by atoms with Gasteiger partial charge in [-0.05, 0) is 78.8 Å². The molecule has 110 heavy (non-hydrogen) atoms. The monoisotopic (exact) mass is 1580 g/mol. The largest absolute Gasteiger partial charge is 0.484 e. The van der Waals surface area contributed by atoms with Crippen LogP contribution >= 0.6 is 0 Å². The van der Waals surface area contributed by atoms with Crippen molar-refractivity contribution in [2.24, 2.45) is 5.41 Å². The van der Waals surface area contributed by atoms with E-state index in [0.717, 1.165) is 57.6 Å². The molecular formula is C83H150O27. The van der Waals surface area contributed by atoms with Gasteiger partial charge >= 0.3 is 0 Å². The van der Waals surface area contributed by atoms with Gasteiger partial charge in [0, 0.05) is 38.4 Å². The molecule has 0 spiro atoms. The van der Waals surface area contributed by atoms with E-state index in [0.29, 0.717) is 39.3 Å². The molecule has 27 heteroatoms. The summed E-state index contributed by atoms with van der Waals surface area (Å²) in [6.07, 6.45) is 19.2. The van der Waals surface area contributed by atoms with Gasteiger partial charge < -0.3 is 132 Å². The molecule has 0 fully saturated rings. The van der Waals surface area contributed by atoms with Gasteiger partial charge in [-0.3, -0.25) is 0 Å². The summed E-state index contributed by atoms with van der Waals surface area (Å²) in [6.45, 7) is 9.44. The molecule has 0 saturated heterocycles. The molecule has 0 bridgehead atoms. The van der Waals surface area contributed by atoms with Crippen LogP contribution in [0.4, 0.5) is 0 Å². The van der Waals surface area contributed by atoms with E-state index in [1.54, 1.807) is 0 Å². The van der Waals surface area contributed by atoms with E-state index in [1.165, 1.54) is 103 Å². The van der Waals surface area contributed by atoms with E-state index in [1.807, 2.05) is 6.92 Å². The van der Waals surface area contributed by atoms with E-state index in [-0.39, 0.29) is 139 Å². The van der Waals surface area contributed by atoms with E-state index >= 15 is 0 Å². The molecule has 13 unspecified atom stereocenters. The van der Waals surface area contributed by atoms with Crippen LogP contribution in [0, 0.1) is 5.41 Å².